The summed E-state index contributed by atoms with van der Waals surface area (Å²) in [6, 6.07) is 2.09. The third-order valence-electron chi connectivity index (χ3n) is 2.64. The summed E-state index contributed by atoms with van der Waals surface area (Å²) in [6.45, 7) is 2.85. The van der Waals surface area contributed by atoms with Crippen LogP contribution in [0, 0.1) is 0 Å². The molecular formula is C11H18N2O. The fourth-order valence-electron chi connectivity index (χ4n) is 1.81. The average molecular weight is 194 g/mol. The van der Waals surface area contributed by atoms with Gasteiger partial charge in [-0.1, -0.05) is 0 Å². The lowest BCUT2D eigenvalue weighted by atomic mass is 10.1. The van der Waals surface area contributed by atoms with Crippen LogP contribution in [0.25, 0.3) is 0 Å². The molecule has 0 aliphatic carbocycles. The number of ether oxygens (including phenoxy) is 1. The first-order valence-electron chi connectivity index (χ1n) is 5.39. The predicted molar refractivity (Wildman–Crippen MR) is 56.1 cm³/mol. The van der Waals surface area contributed by atoms with E-state index >= 15 is 0 Å². The van der Waals surface area contributed by atoms with Gasteiger partial charge in [0.2, 0.25) is 0 Å². The summed E-state index contributed by atoms with van der Waals surface area (Å²) in [5, 5.41) is 3.41. The zero-order chi connectivity index (χ0) is 9.64. The Morgan fingerprint density at radius 2 is 2.50 bits per heavy atom. The summed E-state index contributed by atoms with van der Waals surface area (Å²) in [7, 11) is 0. The molecular weight excluding hydrogens is 176 g/mol. The molecule has 1 aliphatic heterocycles. The van der Waals surface area contributed by atoms with Crippen LogP contribution in [0.5, 0.6) is 0 Å². The van der Waals surface area contributed by atoms with Crippen LogP contribution in [0.4, 0.5) is 0 Å². The molecule has 2 heterocycles. The number of nitrogens with one attached hydrogen (secondary N) is 2. The Labute approximate surface area is 84.9 Å². The Balaban J connectivity index is 1.62. The second-order valence-electron chi connectivity index (χ2n) is 3.84. The zero-order valence-electron chi connectivity index (χ0n) is 8.46. The maximum atomic E-state index is 5.63. The Kier molecular flexibility index (Phi) is 3.60. The summed E-state index contributed by atoms with van der Waals surface area (Å²) in [5.74, 6) is 0. The maximum Gasteiger partial charge on any atom is 0.0699 e. The van der Waals surface area contributed by atoms with Gasteiger partial charge in [0.15, 0.2) is 0 Å². The van der Waals surface area contributed by atoms with Crippen molar-refractivity contribution in [2.24, 2.45) is 0 Å². The van der Waals surface area contributed by atoms with E-state index in [0.29, 0.717) is 6.10 Å². The second kappa shape index (κ2) is 5.17. The topological polar surface area (TPSA) is 37.0 Å². The van der Waals surface area contributed by atoms with Crippen molar-refractivity contribution in [1.82, 2.24) is 10.3 Å². The summed E-state index contributed by atoms with van der Waals surface area (Å²) in [5.41, 5.74) is 1.31. The van der Waals surface area contributed by atoms with Crippen LogP contribution in [0.3, 0.4) is 0 Å². The number of rotatable bonds is 4. The van der Waals surface area contributed by atoms with E-state index in [-0.39, 0.29) is 0 Å². The Hall–Kier alpha value is -0.800. The third kappa shape index (κ3) is 2.86. The molecule has 1 aromatic heterocycles. The lowest BCUT2D eigenvalue weighted by Gasteiger charge is -2.22. The molecule has 0 saturated carbocycles. The van der Waals surface area contributed by atoms with E-state index < -0.39 is 0 Å². The van der Waals surface area contributed by atoms with Crippen LogP contribution in [0.15, 0.2) is 18.5 Å². The quantitative estimate of drug-likeness (QED) is 0.765. The van der Waals surface area contributed by atoms with Crippen LogP contribution in [0.2, 0.25) is 0 Å². The highest BCUT2D eigenvalue weighted by Gasteiger charge is 2.12. The van der Waals surface area contributed by atoms with Crippen molar-refractivity contribution in [1.29, 1.82) is 0 Å². The largest absolute Gasteiger partial charge is 0.377 e. The molecule has 1 fully saturated rings. The van der Waals surface area contributed by atoms with Gasteiger partial charge in [-0.05, 0) is 30.9 Å². The van der Waals surface area contributed by atoms with Crippen LogP contribution in [-0.4, -0.2) is 24.2 Å². The standard InChI is InChI=1S/C11H18N2O/c1-2-6-14-11(3-1)9-13-8-10-4-5-12-7-10/h4-5,7,11-13H,1-3,6,8-9H2. The van der Waals surface area contributed by atoms with E-state index in [1.807, 2.05) is 12.4 Å². The van der Waals surface area contributed by atoms with Gasteiger partial charge in [-0.2, -0.15) is 0 Å². The summed E-state index contributed by atoms with van der Waals surface area (Å²) in [6.07, 6.45) is 8.16. The molecule has 1 aromatic rings. The molecule has 1 atom stereocenters. The molecule has 0 radical (unpaired) electrons. The zero-order valence-corrected chi connectivity index (χ0v) is 8.46. The Morgan fingerprint density at radius 3 is 3.21 bits per heavy atom. The lowest BCUT2D eigenvalue weighted by Crippen LogP contribution is -2.31. The molecule has 1 aliphatic rings. The number of hydrogen-bond donors (Lipinski definition) is 2. The molecule has 2 rings (SSSR count). The Morgan fingerprint density at radius 1 is 1.50 bits per heavy atom. The molecule has 0 aromatic carbocycles. The number of H-pyrrole nitrogens is 1. The van der Waals surface area contributed by atoms with Gasteiger partial charge in [-0.25, -0.2) is 0 Å². The summed E-state index contributed by atoms with van der Waals surface area (Å²) < 4.78 is 5.63. The van der Waals surface area contributed by atoms with Crippen molar-refractivity contribution in [2.75, 3.05) is 13.2 Å². The highest BCUT2D eigenvalue weighted by molar-refractivity contribution is 5.07. The van der Waals surface area contributed by atoms with Crippen LogP contribution in [-0.2, 0) is 11.3 Å². The number of aromatic nitrogens is 1. The Bertz CT molecular complexity index is 240. The molecule has 0 amide bonds. The maximum absolute atomic E-state index is 5.63. The van der Waals surface area contributed by atoms with E-state index in [0.717, 1.165) is 19.7 Å². The molecule has 78 valence electrons. The van der Waals surface area contributed by atoms with Crippen molar-refractivity contribution in [3.8, 4) is 0 Å². The van der Waals surface area contributed by atoms with E-state index in [2.05, 4.69) is 16.4 Å². The average Bonchev–Trinajstić information content (AvgIpc) is 2.72. The van der Waals surface area contributed by atoms with Crippen molar-refractivity contribution in [2.45, 2.75) is 31.9 Å². The van der Waals surface area contributed by atoms with Crippen LogP contribution in [0.1, 0.15) is 24.8 Å². The lowest BCUT2D eigenvalue weighted by molar-refractivity contribution is 0.0168. The second-order valence-corrected chi connectivity index (χ2v) is 3.84. The van der Waals surface area contributed by atoms with E-state index in [4.69, 9.17) is 4.74 Å². The minimum Gasteiger partial charge on any atom is -0.377 e. The van der Waals surface area contributed by atoms with Gasteiger partial charge >= 0.3 is 0 Å². The highest BCUT2D eigenvalue weighted by Crippen LogP contribution is 2.11. The van der Waals surface area contributed by atoms with Crippen molar-refractivity contribution < 1.29 is 4.74 Å². The fourth-order valence-corrected chi connectivity index (χ4v) is 1.81. The van der Waals surface area contributed by atoms with E-state index in [1.165, 1.54) is 24.8 Å². The monoisotopic (exact) mass is 194 g/mol. The van der Waals surface area contributed by atoms with Gasteiger partial charge in [0.05, 0.1) is 6.10 Å². The molecule has 3 heteroatoms. The molecule has 1 saturated heterocycles. The minimum absolute atomic E-state index is 0.433. The van der Waals surface area contributed by atoms with Crippen molar-refractivity contribution >= 4 is 0 Å². The first kappa shape index (κ1) is 9.74. The van der Waals surface area contributed by atoms with Gasteiger partial charge < -0.3 is 15.0 Å². The minimum atomic E-state index is 0.433. The van der Waals surface area contributed by atoms with Crippen molar-refractivity contribution in [3.63, 3.8) is 0 Å². The van der Waals surface area contributed by atoms with Gasteiger partial charge in [0.25, 0.3) is 0 Å². The number of hydrogen-bond acceptors (Lipinski definition) is 2. The van der Waals surface area contributed by atoms with Crippen LogP contribution < -0.4 is 5.32 Å². The van der Waals surface area contributed by atoms with Crippen molar-refractivity contribution in [3.05, 3.63) is 24.0 Å². The summed E-state index contributed by atoms with van der Waals surface area (Å²) in [4.78, 5) is 3.05. The molecule has 0 spiro atoms. The number of aromatic amines is 1. The molecule has 3 nitrogen and oxygen atoms in total. The first-order chi connectivity index (χ1) is 6.95. The SMILES string of the molecule is c1cc(CNCC2CCCCO2)c[nH]1. The highest BCUT2D eigenvalue weighted by atomic mass is 16.5. The van der Waals surface area contributed by atoms with Gasteiger partial charge in [-0.15, -0.1) is 0 Å². The van der Waals surface area contributed by atoms with Gasteiger partial charge in [0.1, 0.15) is 0 Å². The van der Waals surface area contributed by atoms with E-state index in [1.54, 1.807) is 0 Å². The van der Waals surface area contributed by atoms with E-state index in [9.17, 15) is 0 Å². The van der Waals surface area contributed by atoms with Gasteiger partial charge in [-0.3, -0.25) is 0 Å². The molecule has 0 bridgehead atoms. The molecule has 1 unspecified atom stereocenters. The molecule has 14 heavy (non-hydrogen) atoms. The third-order valence-corrected chi connectivity index (χ3v) is 2.64. The van der Waals surface area contributed by atoms with Crippen LogP contribution >= 0.6 is 0 Å². The fraction of sp³-hybridized carbons (Fsp3) is 0.636. The van der Waals surface area contributed by atoms with Gasteiger partial charge in [0, 0.05) is 32.1 Å². The predicted octanol–water partition coefficient (Wildman–Crippen LogP) is 1.67. The smallest absolute Gasteiger partial charge is 0.0699 e. The molecule has 2 N–H and O–H groups in total. The first-order valence-corrected chi connectivity index (χ1v) is 5.39. The summed E-state index contributed by atoms with van der Waals surface area (Å²) >= 11 is 0. The normalized spacial score (nSPS) is 22.4.